The molecule has 0 bridgehead atoms. The molecule has 0 radical (unpaired) electrons. The Morgan fingerprint density at radius 3 is 2.53 bits per heavy atom. The largest absolute Gasteiger partial charge is 0.454 e. The van der Waals surface area contributed by atoms with Crippen LogP contribution in [-0.4, -0.2) is 31.3 Å². The van der Waals surface area contributed by atoms with Gasteiger partial charge < -0.3 is 14.8 Å². The van der Waals surface area contributed by atoms with E-state index in [4.69, 9.17) is 14.6 Å². The second kappa shape index (κ2) is 8.84. The molecule has 8 nitrogen and oxygen atoms in total. The molecule has 6 rings (SSSR count). The van der Waals surface area contributed by atoms with Crippen LogP contribution in [0.4, 0.5) is 0 Å². The number of hydrogen-bond acceptors (Lipinski definition) is 6. The monoisotopic (exact) mass is 450 g/mol. The van der Waals surface area contributed by atoms with Crippen molar-refractivity contribution in [1.82, 2.24) is 29.9 Å². The maximum Gasteiger partial charge on any atom is 0.231 e. The maximum atomic E-state index is 5.59. The lowest BCUT2D eigenvalue weighted by Gasteiger charge is -2.10. The van der Waals surface area contributed by atoms with E-state index in [1.807, 2.05) is 71.4 Å². The molecule has 3 aromatic carbocycles. The topological polar surface area (TPSA) is 79.0 Å². The van der Waals surface area contributed by atoms with Gasteiger partial charge in [-0.3, -0.25) is 0 Å². The van der Waals surface area contributed by atoms with Crippen molar-refractivity contribution >= 4 is 0 Å². The molecule has 3 heterocycles. The Hall–Kier alpha value is -4.43. The second-order valence-electron chi connectivity index (χ2n) is 7.92. The third-order valence-corrected chi connectivity index (χ3v) is 5.74. The second-order valence-corrected chi connectivity index (χ2v) is 7.92. The molecule has 0 unspecified atom stereocenters. The Morgan fingerprint density at radius 1 is 0.824 bits per heavy atom. The zero-order valence-electron chi connectivity index (χ0n) is 18.3. The highest BCUT2D eigenvalue weighted by atomic mass is 16.7. The Labute approximate surface area is 196 Å². The first-order valence-electron chi connectivity index (χ1n) is 11.0. The summed E-state index contributed by atoms with van der Waals surface area (Å²) < 4.78 is 14.8. The van der Waals surface area contributed by atoms with Gasteiger partial charge in [0, 0.05) is 30.4 Å². The van der Waals surface area contributed by atoms with Gasteiger partial charge in [-0.2, -0.15) is 10.2 Å². The Balaban J connectivity index is 1.29. The van der Waals surface area contributed by atoms with Crippen LogP contribution in [0.25, 0.3) is 22.6 Å². The Kier molecular flexibility index (Phi) is 5.25. The normalized spacial score (nSPS) is 12.2. The number of para-hydroxylation sites is 2. The van der Waals surface area contributed by atoms with E-state index in [0.29, 0.717) is 13.1 Å². The van der Waals surface area contributed by atoms with Crippen molar-refractivity contribution in [1.29, 1.82) is 0 Å². The fourth-order valence-corrected chi connectivity index (χ4v) is 4.09. The van der Waals surface area contributed by atoms with Gasteiger partial charge in [-0.15, -0.1) is 0 Å². The highest BCUT2D eigenvalue weighted by Crippen LogP contribution is 2.36. The van der Waals surface area contributed by atoms with Crippen LogP contribution >= 0.6 is 0 Å². The number of fused-ring (bicyclic) bond motifs is 1. The minimum atomic E-state index is 0.247. The van der Waals surface area contributed by atoms with E-state index in [1.54, 1.807) is 17.3 Å². The number of nitrogens with zero attached hydrogens (tertiary/aromatic N) is 5. The third-order valence-electron chi connectivity index (χ3n) is 5.74. The molecule has 1 N–H and O–H groups in total. The molecule has 0 aliphatic carbocycles. The van der Waals surface area contributed by atoms with Gasteiger partial charge in [-0.05, 0) is 42.0 Å². The quantitative estimate of drug-likeness (QED) is 0.402. The van der Waals surface area contributed by atoms with E-state index in [1.165, 1.54) is 0 Å². The van der Waals surface area contributed by atoms with Gasteiger partial charge in [-0.1, -0.05) is 36.4 Å². The Bertz CT molecular complexity index is 1410. The van der Waals surface area contributed by atoms with E-state index >= 15 is 0 Å². The van der Waals surface area contributed by atoms with Crippen LogP contribution < -0.4 is 14.8 Å². The molecule has 1 aliphatic heterocycles. The average Bonchev–Trinajstić information content (AvgIpc) is 3.65. The third kappa shape index (κ3) is 3.91. The number of nitrogens with one attached hydrogen (secondary N) is 1. The van der Waals surface area contributed by atoms with Gasteiger partial charge in [0.25, 0.3) is 0 Å². The van der Waals surface area contributed by atoms with Gasteiger partial charge in [0.15, 0.2) is 11.5 Å². The summed E-state index contributed by atoms with van der Waals surface area (Å²) in [5, 5.41) is 12.8. The van der Waals surface area contributed by atoms with Gasteiger partial charge in [0.1, 0.15) is 12.7 Å². The van der Waals surface area contributed by atoms with Crippen LogP contribution in [0.2, 0.25) is 0 Å². The fourth-order valence-electron chi connectivity index (χ4n) is 4.09. The predicted molar refractivity (Wildman–Crippen MR) is 127 cm³/mol. The van der Waals surface area contributed by atoms with E-state index in [-0.39, 0.29) is 6.79 Å². The van der Waals surface area contributed by atoms with Crippen molar-refractivity contribution in [2.75, 3.05) is 6.79 Å². The first kappa shape index (κ1) is 20.2. The molecule has 2 aromatic heterocycles. The number of benzene rings is 3. The van der Waals surface area contributed by atoms with Gasteiger partial charge in [-0.25, -0.2) is 14.3 Å². The van der Waals surface area contributed by atoms with Crippen molar-refractivity contribution in [3.05, 3.63) is 103 Å². The van der Waals surface area contributed by atoms with Crippen molar-refractivity contribution in [3.8, 4) is 34.1 Å². The zero-order chi connectivity index (χ0) is 22.7. The molecular formula is C26H22N6O2. The van der Waals surface area contributed by atoms with E-state index < -0.39 is 0 Å². The van der Waals surface area contributed by atoms with Crippen LogP contribution in [0.5, 0.6) is 11.5 Å². The molecule has 34 heavy (non-hydrogen) atoms. The van der Waals surface area contributed by atoms with Crippen molar-refractivity contribution < 1.29 is 9.47 Å². The molecule has 8 heteroatoms. The molecule has 168 valence electrons. The van der Waals surface area contributed by atoms with Crippen LogP contribution in [-0.2, 0) is 13.1 Å². The summed E-state index contributed by atoms with van der Waals surface area (Å²) in [6.45, 7) is 1.56. The summed E-state index contributed by atoms with van der Waals surface area (Å²) in [4.78, 5) is 4.07. The minimum absolute atomic E-state index is 0.247. The van der Waals surface area contributed by atoms with Gasteiger partial charge in [0.2, 0.25) is 6.79 Å². The summed E-state index contributed by atoms with van der Waals surface area (Å²) in [6, 6.07) is 24.2. The number of hydrogen-bond donors (Lipinski definition) is 1. The molecule has 0 saturated heterocycles. The Morgan fingerprint density at radius 2 is 1.65 bits per heavy atom. The van der Waals surface area contributed by atoms with Crippen LogP contribution in [0.3, 0.4) is 0 Å². The minimum Gasteiger partial charge on any atom is -0.454 e. The first-order valence-corrected chi connectivity index (χ1v) is 11.0. The van der Waals surface area contributed by atoms with Crippen LogP contribution in [0.15, 0.2) is 91.6 Å². The molecule has 1 aliphatic rings. The summed E-state index contributed by atoms with van der Waals surface area (Å²) in [5.41, 5.74) is 6.11. The van der Waals surface area contributed by atoms with Gasteiger partial charge >= 0.3 is 0 Å². The molecule has 0 spiro atoms. The lowest BCUT2D eigenvalue weighted by molar-refractivity contribution is 0.174. The number of rotatable bonds is 7. The summed E-state index contributed by atoms with van der Waals surface area (Å²) in [5.74, 6) is 1.50. The molecule has 0 atom stereocenters. The lowest BCUT2D eigenvalue weighted by Crippen LogP contribution is -2.15. The lowest BCUT2D eigenvalue weighted by atomic mass is 10.1. The highest BCUT2D eigenvalue weighted by molar-refractivity contribution is 5.67. The molecular weight excluding hydrogens is 428 g/mol. The molecule has 0 saturated carbocycles. The standard InChI is InChI=1S/C26H22N6O2/c1-2-7-22(8-3-1)31-15-21(26(30-31)19-10-11-24-25(12-19)34-18-33-24)14-27-13-20-6-4-5-9-23(20)32-17-28-16-29-32/h1-12,15-17,27H,13-14,18H2. The fraction of sp³-hybridized carbons (Fsp3) is 0.115. The van der Waals surface area contributed by atoms with Crippen LogP contribution in [0.1, 0.15) is 11.1 Å². The van der Waals surface area contributed by atoms with Gasteiger partial charge in [0.05, 0.1) is 17.1 Å². The summed E-state index contributed by atoms with van der Waals surface area (Å²) in [6.07, 6.45) is 5.33. The molecule has 0 amide bonds. The number of ether oxygens (including phenoxy) is 2. The number of aromatic nitrogens is 5. The van der Waals surface area contributed by atoms with Crippen molar-refractivity contribution in [2.24, 2.45) is 0 Å². The first-order chi connectivity index (χ1) is 16.8. The highest BCUT2D eigenvalue weighted by Gasteiger charge is 2.18. The van der Waals surface area contributed by atoms with E-state index in [2.05, 4.69) is 27.7 Å². The van der Waals surface area contributed by atoms with E-state index in [0.717, 1.165) is 45.3 Å². The van der Waals surface area contributed by atoms with Crippen molar-refractivity contribution in [3.63, 3.8) is 0 Å². The van der Waals surface area contributed by atoms with E-state index in [9.17, 15) is 0 Å². The average molecular weight is 451 g/mol. The smallest absolute Gasteiger partial charge is 0.231 e. The predicted octanol–water partition coefficient (Wildman–Crippen LogP) is 4.14. The van der Waals surface area contributed by atoms with Crippen molar-refractivity contribution in [2.45, 2.75) is 13.1 Å². The maximum absolute atomic E-state index is 5.59. The zero-order valence-corrected chi connectivity index (χ0v) is 18.3. The molecule has 5 aromatic rings. The summed E-state index contributed by atoms with van der Waals surface area (Å²) >= 11 is 0. The molecule has 0 fully saturated rings. The SMILES string of the molecule is c1ccc(-n2cc(CNCc3ccccc3-n3cncn3)c(-c3ccc4c(c3)OCO4)n2)cc1. The van der Waals surface area contributed by atoms with Crippen LogP contribution in [0, 0.1) is 0 Å². The summed E-state index contributed by atoms with van der Waals surface area (Å²) in [7, 11) is 0.